The Morgan fingerprint density at radius 2 is 1.76 bits per heavy atom. The van der Waals surface area contributed by atoms with Gasteiger partial charge in [-0.25, -0.2) is 0 Å². The quantitative estimate of drug-likeness (QED) is 0.881. The lowest BCUT2D eigenvalue weighted by Gasteiger charge is -2.32. The summed E-state index contributed by atoms with van der Waals surface area (Å²) in [5.74, 6) is -0.285. The Labute approximate surface area is 150 Å². The first-order valence-electron chi connectivity index (χ1n) is 9.33. The van der Waals surface area contributed by atoms with Crippen LogP contribution in [0.15, 0.2) is 12.1 Å². The SMILES string of the molecule is Cc1cc(C)c(N2CC[C@H](N[C@H]3CCCC[C@H]3C(N)=O)C2=O)c(C)c1. The lowest BCUT2D eigenvalue weighted by Crippen LogP contribution is -2.51. The number of carbonyl (C=O) groups is 2. The topological polar surface area (TPSA) is 75.4 Å². The first-order chi connectivity index (χ1) is 11.9. The summed E-state index contributed by atoms with van der Waals surface area (Å²) >= 11 is 0. The minimum atomic E-state index is -0.246. The van der Waals surface area contributed by atoms with E-state index >= 15 is 0 Å². The molecule has 0 aromatic heterocycles. The number of primary amides is 1. The maximum absolute atomic E-state index is 13.0. The zero-order chi connectivity index (χ0) is 18.1. The van der Waals surface area contributed by atoms with Gasteiger partial charge < -0.3 is 16.0 Å². The van der Waals surface area contributed by atoms with Crippen molar-refractivity contribution in [2.24, 2.45) is 11.7 Å². The Morgan fingerprint density at radius 1 is 1.12 bits per heavy atom. The average Bonchev–Trinajstić information content (AvgIpc) is 2.88. The molecule has 2 amide bonds. The largest absolute Gasteiger partial charge is 0.369 e. The molecule has 2 fully saturated rings. The van der Waals surface area contributed by atoms with Crippen molar-refractivity contribution in [2.45, 2.75) is 65.0 Å². The summed E-state index contributed by atoms with van der Waals surface area (Å²) in [5, 5.41) is 3.46. The van der Waals surface area contributed by atoms with Crippen LogP contribution in [0.2, 0.25) is 0 Å². The highest BCUT2D eigenvalue weighted by molar-refractivity contribution is 6.00. The number of amides is 2. The molecular formula is C20H29N3O2. The first kappa shape index (κ1) is 17.9. The highest BCUT2D eigenvalue weighted by Gasteiger charge is 2.38. The first-order valence-corrected chi connectivity index (χ1v) is 9.33. The van der Waals surface area contributed by atoms with E-state index in [1.165, 1.54) is 5.56 Å². The van der Waals surface area contributed by atoms with Crippen LogP contribution < -0.4 is 16.0 Å². The summed E-state index contributed by atoms with van der Waals surface area (Å²) in [6.45, 7) is 6.92. The third kappa shape index (κ3) is 3.56. The molecule has 5 nitrogen and oxygen atoms in total. The molecule has 1 aromatic carbocycles. The Morgan fingerprint density at radius 3 is 2.40 bits per heavy atom. The van der Waals surface area contributed by atoms with Crippen LogP contribution in [0.3, 0.4) is 0 Å². The van der Waals surface area contributed by atoms with Crippen molar-refractivity contribution in [3.8, 4) is 0 Å². The number of hydrogen-bond acceptors (Lipinski definition) is 3. The van der Waals surface area contributed by atoms with E-state index in [4.69, 9.17) is 5.73 Å². The van der Waals surface area contributed by atoms with Crippen molar-refractivity contribution < 1.29 is 9.59 Å². The van der Waals surface area contributed by atoms with Crippen molar-refractivity contribution in [2.75, 3.05) is 11.4 Å². The van der Waals surface area contributed by atoms with E-state index in [1.54, 1.807) is 0 Å². The van der Waals surface area contributed by atoms with Gasteiger partial charge in [-0.2, -0.15) is 0 Å². The summed E-state index contributed by atoms with van der Waals surface area (Å²) in [6.07, 6.45) is 4.64. The summed E-state index contributed by atoms with van der Waals surface area (Å²) in [4.78, 5) is 26.6. The van der Waals surface area contributed by atoms with E-state index in [2.05, 4.69) is 38.2 Å². The maximum Gasteiger partial charge on any atom is 0.244 e. The molecule has 1 heterocycles. The van der Waals surface area contributed by atoms with E-state index in [9.17, 15) is 9.59 Å². The third-order valence-corrected chi connectivity index (χ3v) is 5.66. The standard InChI is InChI=1S/C20H29N3O2/c1-12-10-13(2)18(14(3)11-12)23-9-8-17(20(23)25)22-16-7-5-4-6-15(16)19(21)24/h10-11,15-17,22H,4-9H2,1-3H3,(H2,21,24)/t15-,16+,17+/m1/s1. The lowest BCUT2D eigenvalue weighted by molar-refractivity contribution is -0.125. The predicted molar refractivity (Wildman–Crippen MR) is 99.5 cm³/mol. The Bertz CT molecular complexity index is 663. The van der Waals surface area contributed by atoms with Gasteiger partial charge in [-0.1, -0.05) is 30.5 Å². The van der Waals surface area contributed by atoms with E-state index in [0.717, 1.165) is 55.5 Å². The molecule has 1 saturated carbocycles. The molecule has 2 aliphatic rings. The van der Waals surface area contributed by atoms with E-state index < -0.39 is 0 Å². The molecule has 1 aromatic rings. The second-order valence-corrected chi connectivity index (χ2v) is 7.64. The smallest absolute Gasteiger partial charge is 0.244 e. The monoisotopic (exact) mass is 343 g/mol. The number of hydrogen-bond donors (Lipinski definition) is 2. The van der Waals surface area contributed by atoms with Crippen molar-refractivity contribution in [3.63, 3.8) is 0 Å². The molecule has 0 bridgehead atoms. The number of nitrogens with zero attached hydrogens (tertiary/aromatic N) is 1. The average molecular weight is 343 g/mol. The van der Waals surface area contributed by atoms with Crippen LogP contribution in [-0.4, -0.2) is 30.4 Å². The van der Waals surface area contributed by atoms with Crippen molar-refractivity contribution in [1.82, 2.24) is 5.32 Å². The number of aryl methyl sites for hydroxylation is 3. The van der Waals surface area contributed by atoms with Gasteiger partial charge in [0.2, 0.25) is 11.8 Å². The fraction of sp³-hybridized carbons (Fsp3) is 0.600. The second kappa shape index (κ2) is 7.16. The van der Waals surface area contributed by atoms with Gasteiger partial charge in [0.1, 0.15) is 0 Å². The second-order valence-electron chi connectivity index (χ2n) is 7.64. The van der Waals surface area contributed by atoms with Crippen LogP contribution in [-0.2, 0) is 9.59 Å². The molecule has 1 aliphatic heterocycles. The summed E-state index contributed by atoms with van der Waals surface area (Å²) in [7, 11) is 0. The van der Waals surface area contributed by atoms with Crippen molar-refractivity contribution in [3.05, 3.63) is 28.8 Å². The number of nitrogens with two attached hydrogens (primary N) is 1. The van der Waals surface area contributed by atoms with Gasteiger partial charge in [-0.3, -0.25) is 9.59 Å². The van der Waals surface area contributed by atoms with Crippen LogP contribution in [0.1, 0.15) is 48.8 Å². The number of carbonyl (C=O) groups excluding carboxylic acids is 2. The number of anilines is 1. The molecule has 0 spiro atoms. The van der Waals surface area contributed by atoms with Gasteiger partial charge in [0.15, 0.2) is 0 Å². The molecule has 0 unspecified atom stereocenters. The van der Waals surface area contributed by atoms with Gasteiger partial charge in [0.05, 0.1) is 12.0 Å². The van der Waals surface area contributed by atoms with Gasteiger partial charge in [-0.15, -0.1) is 0 Å². The van der Waals surface area contributed by atoms with Crippen molar-refractivity contribution >= 4 is 17.5 Å². The highest BCUT2D eigenvalue weighted by Crippen LogP contribution is 2.31. The van der Waals surface area contributed by atoms with Crippen LogP contribution >= 0.6 is 0 Å². The highest BCUT2D eigenvalue weighted by atomic mass is 16.2. The fourth-order valence-corrected chi connectivity index (χ4v) is 4.58. The number of nitrogens with one attached hydrogen (secondary N) is 1. The summed E-state index contributed by atoms with van der Waals surface area (Å²) in [5.41, 5.74) is 10.1. The summed E-state index contributed by atoms with van der Waals surface area (Å²) < 4.78 is 0. The molecular weight excluding hydrogens is 314 g/mol. The zero-order valence-electron chi connectivity index (χ0n) is 15.5. The number of benzene rings is 1. The van der Waals surface area contributed by atoms with Gasteiger partial charge in [-0.05, 0) is 51.2 Å². The van der Waals surface area contributed by atoms with Crippen LogP contribution in [0, 0.1) is 26.7 Å². The van der Waals surface area contributed by atoms with E-state index in [0.29, 0.717) is 0 Å². The molecule has 136 valence electrons. The molecule has 3 N–H and O–H groups in total. The minimum absolute atomic E-state index is 0.0281. The minimum Gasteiger partial charge on any atom is -0.369 e. The van der Waals surface area contributed by atoms with E-state index in [1.807, 2.05) is 4.90 Å². The normalized spacial score (nSPS) is 26.9. The Kier molecular flexibility index (Phi) is 5.13. The molecule has 1 saturated heterocycles. The molecule has 1 aliphatic carbocycles. The van der Waals surface area contributed by atoms with Gasteiger partial charge in [0, 0.05) is 18.3 Å². The Balaban J connectivity index is 1.75. The van der Waals surface area contributed by atoms with Crippen molar-refractivity contribution in [1.29, 1.82) is 0 Å². The zero-order valence-corrected chi connectivity index (χ0v) is 15.5. The number of rotatable bonds is 4. The fourth-order valence-electron chi connectivity index (χ4n) is 4.58. The van der Waals surface area contributed by atoms with Gasteiger partial charge >= 0.3 is 0 Å². The lowest BCUT2D eigenvalue weighted by atomic mass is 9.83. The third-order valence-electron chi connectivity index (χ3n) is 5.66. The molecule has 5 heteroatoms. The van der Waals surface area contributed by atoms with Crippen LogP contribution in [0.25, 0.3) is 0 Å². The molecule has 3 rings (SSSR count). The van der Waals surface area contributed by atoms with Crippen LogP contribution in [0.4, 0.5) is 5.69 Å². The maximum atomic E-state index is 13.0. The van der Waals surface area contributed by atoms with Crippen LogP contribution in [0.5, 0.6) is 0 Å². The predicted octanol–water partition coefficient (Wildman–Crippen LogP) is 2.35. The molecule has 0 radical (unpaired) electrons. The Hall–Kier alpha value is -1.88. The van der Waals surface area contributed by atoms with Gasteiger partial charge in [0.25, 0.3) is 0 Å². The molecule has 3 atom stereocenters. The summed E-state index contributed by atoms with van der Waals surface area (Å²) in [6, 6.07) is 4.06. The van der Waals surface area contributed by atoms with E-state index in [-0.39, 0.29) is 29.8 Å². The molecule has 25 heavy (non-hydrogen) atoms.